The highest BCUT2D eigenvalue weighted by molar-refractivity contribution is 6.33. The first-order valence-electron chi connectivity index (χ1n) is 10.6. The molecule has 0 aliphatic carbocycles. The van der Waals surface area contributed by atoms with Gasteiger partial charge >= 0.3 is 6.18 Å². The van der Waals surface area contributed by atoms with Crippen molar-refractivity contribution in [1.82, 2.24) is 25.2 Å². The lowest BCUT2D eigenvalue weighted by Crippen LogP contribution is -2.29. The molecule has 1 aliphatic rings. The number of pyridine rings is 2. The van der Waals surface area contributed by atoms with Crippen molar-refractivity contribution in [3.05, 3.63) is 65.0 Å². The second kappa shape index (κ2) is 9.29. The highest BCUT2D eigenvalue weighted by atomic mass is 35.5. The zero-order valence-corrected chi connectivity index (χ0v) is 19.6. The van der Waals surface area contributed by atoms with Crippen LogP contribution in [0.2, 0.25) is 5.02 Å². The zero-order chi connectivity index (χ0) is 26.3. The van der Waals surface area contributed by atoms with E-state index in [1.165, 1.54) is 36.6 Å². The number of nitrogens with zero attached hydrogens (tertiary/aromatic N) is 6. The van der Waals surface area contributed by atoms with Crippen LogP contribution in [0.3, 0.4) is 0 Å². The number of carbonyl (C=O) groups is 1. The number of carbonyl (C=O) groups excluding carboxylic acids is 1. The van der Waals surface area contributed by atoms with Crippen LogP contribution in [0, 0.1) is 5.82 Å². The highest BCUT2D eigenvalue weighted by Gasteiger charge is 2.41. The molecule has 4 heterocycles. The van der Waals surface area contributed by atoms with Crippen molar-refractivity contribution in [2.24, 2.45) is 5.10 Å². The van der Waals surface area contributed by atoms with Crippen LogP contribution in [-0.2, 0) is 6.18 Å². The van der Waals surface area contributed by atoms with E-state index in [1.54, 1.807) is 6.21 Å². The molecule has 5 rings (SSSR count). The van der Waals surface area contributed by atoms with Crippen molar-refractivity contribution in [3.8, 4) is 5.69 Å². The van der Waals surface area contributed by atoms with Crippen LogP contribution in [0.15, 0.2) is 48.0 Å². The molecule has 1 aliphatic heterocycles. The smallest absolute Gasteiger partial charge is 0.373 e. The number of halogens is 5. The highest BCUT2D eigenvalue weighted by Crippen LogP contribution is 2.37. The van der Waals surface area contributed by atoms with Gasteiger partial charge in [0.2, 0.25) is 0 Å². The number of anilines is 3. The molecule has 0 fully saturated rings. The van der Waals surface area contributed by atoms with E-state index < -0.39 is 29.2 Å². The van der Waals surface area contributed by atoms with Crippen LogP contribution >= 0.6 is 11.6 Å². The molecular weight excluding hydrogens is 518 g/mol. The summed E-state index contributed by atoms with van der Waals surface area (Å²) in [6.45, 7) is 0.468. The van der Waals surface area contributed by atoms with Crippen LogP contribution in [0.5, 0.6) is 0 Å². The van der Waals surface area contributed by atoms with E-state index in [2.05, 4.69) is 36.2 Å². The molecule has 1 aromatic carbocycles. The second-order valence-electron chi connectivity index (χ2n) is 7.68. The predicted octanol–water partition coefficient (Wildman–Crippen LogP) is 4.23. The van der Waals surface area contributed by atoms with Crippen LogP contribution in [0.25, 0.3) is 16.5 Å². The molecule has 0 atom stereocenters. The average Bonchev–Trinajstić information content (AvgIpc) is 3.54. The third-order valence-corrected chi connectivity index (χ3v) is 5.68. The van der Waals surface area contributed by atoms with Gasteiger partial charge in [0, 0.05) is 18.6 Å². The third-order valence-electron chi connectivity index (χ3n) is 5.40. The van der Waals surface area contributed by atoms with Gasteiger partial charge in [-0.2, -0.15) is 28.5 Å². The normalized spacial score (nSPS) is 13.4. The van der Waals surface area contributed by atoms with Gasteiger partial charge in [-0.15, -0.1) is 0 Å². The van der Waals surface area contributed by atoms with Crippen molar-refractivity contribution in [2.75, 3.05) is 29.3 Å². The molecule has 0 saturated heterocycles. The third kappa shape index (κ3) is 4.40. The monoisotopic (exact) mass is 533 g/mol. The molecule has 0 radical (unpaired) electrons. The number of aromatic nitrogens is 4. The molecule has 4 aromatic rings. The molecular formula is C22H16ClF4N9O. The Labute approximate surface area is 210 Å². The van der Waals surface area contributed by atoms with E-state index >= 15 is 0 Å². The Morgan fingerprint density at radius 2 is 2.00 bits per heavy atom. The van der Waals surface area contributed by atoms with E-state index in [4.69, 9.17) is 11.6 Å². The fraction of sp³-hybridized carbons (Fsp3) is 0.136. The van der Waals surface area contributed by atoms with Gasteiger partial charge in [-0.05, 0) is 12.1 Å². The van der Waals surface area contributed by atoms with Gasteiger partial charge in [0.1, 0.15) is 11.6 Å². The van der Waals surface area contributed by atoms with Crippen LogP contribution in [-0.4, -0.2) is 45.5 Å². The van der Waals surface area contributed by atoms with Crippen molar-refractivity contribution >= 4 is 51.8 Å². The number of alkyl halides is 3. The summed E-state index contributed by atoms with van der Waals surface area (Å²) in [6, 6.07) is 5.28. The number of fused-ring (bicyclic) bond motifs is 1. The maximum atomic E-state index is 14.6. The van der Waals surface area contributed by atoms with Crippen molar-refractivity contribution < 1.29 is 22.4 Å². The first-order chi connectivity index (χ1) is 17.7. The summed E-state index contributed by atoms with van der Waals surface area (Å²) in [5.41, 5.74) is 0.642. The standard InChI is InChI=1S/C22H16ClF4N9O/c1-28-19-17-12(3-2-4-15(17)24)16(10-29-19)35-18(22(25,26)27)13(9-33-35)21(37)34-11-7-14(23)20(30-8-11)36-31-5-6-32-36/h2-5,7-10,32H,6H2,1H3,(H,28,29)(H,34,37). The van der Waals surface area contributed by atoms with E-state index in [0.717, 1.165) is 18.5 Å². The summed E-state index contributed by atoms with van der Waals surface area (Å²) in [5.74, 6) is -1.40. The molecule has 1 amide bonds. The summed E-state index contributed by atoms with van der Waals surface area (Å²) in [6.07, 6.45) is -0.285. The first kappa shape index (κ1) is 24.4. The molecule has 190 valence electrons. The van der Waals surface area contributed by atoms with E-state index in [-0.39, 0.29) is 38.8 Å². The topological polar surface area (TPSA) is 112 Å². The number of hydrogen-bond donors (Lipinski definition) is 3. The number of rotatable bonds is 5. The fourth-order valence-corrected chi connectivity index (χ4v) is 4.09. The van der Waals surface area contributed by atoms with Gasteiger partial charge in [-0.1, -0.05) is 23.7 Å². The molecule has 0 bridgehead atoms. The summed E-state index contributed by atoms with van der Waals surface area (Å²) in [5, 5.41) is 14.4. The molecule has 0 saturated carbocycles. The van der Waals surface area contributed by atoms with Gasteiger partial charge < -0.3 is 10.6 Å². The minimum atomic E-state index is -5.00. The Morgan fingerprint density at radius 1 is 1.19 bits per heavy atom. The van der Waals surface area contributed by atoms with Crippen LogP contribution in [0.4, 0.5) is 34.9 Å². The van der Waals surface area contributed by atoms with Gasteiger partial charge in [-0.3, -0.25) is 4.79 Å². The Kier molecular flexibility index (Phi) is 6.13. The second-order valence-corrected chi connectivity index (χ2v) is 8.08. The van der Waals surface area contributed by atoms with E-state index in [0.29, 0.717) is 11.2 Å². The quantitative estimate of drug-likeness (QED) is 0.329. The van der Waals surface area contributed by atoms with Gasteiger partial charge in [-0.25, -0.2) is 24.5 Å². The number of hydrazine groups is 1. The molecule has 15 heteroatoms. The Morgan fingerprint density at radius 3 is 2.68 bits per heavy atom. The molecule has 0 unspecified atom stereocenters. The lowest BCUT2D eigenvalue weighted by Gasteiger charge is -2.16. The minimum absolute atomic E-state index is 0.0187. The SMILES string of the molecule is CNc1ncc(-n2ncc(C(=O)Nc3cnc(N4N=CCN4)c(Cl)c3)c2C(F)(F)F)c2cccc(F)c12. The Balaban J connectivity index is 1.54. The Hall–Kier alpha value is -4.30. The summed E-state index contributed by atoms with van der Waals surface area (Å²) >= 11 is 6.21. The van der Waals surface area contributed by atoms with Crippen LogP contribution in [0.1, 0.15) is 16.1 Å². The minimum Gasteiger partial charge on any atom is -0.373 e. The number of benzene rings is 1. The first-order valence-corrected chi connectivity index (χ1v) is 11.0. The number of hydrogen-bond acceptors (Lipinski definition) is 8. The lowest BCUT2D eigenvalue weighted by atomic mass is 10.1. The van der Waals surface area contributed by atoms with Crippen molar-refractivity contribution in [1.29, 1.82) is 0 Å². The largest absolute Gasteiger partial charge is 0.434 e. The summed E-state index contributed by atoms with van der Waals surface area (Å²) in [7, 11) is 1.51. The predicted molar refractivity (Wildman–Crippen MR) is 130 cm³/mol. The summed E-state index contributed by atoms with van der Waals surface area (Å²) in [4.78, 5) is 21.1. The Bertz CT molecular complexity index is 1550. The molecule has 3 N–H and O–H groups in total. The molecule has 37 heavy (non-hydrogen) atoms. The summed E-state index contributed by atoms with van der Waals surface area (Å²) < 4.78 is 57.8. The van der Waals surface area contributed by atoms with Crippen molar-refractivity contribution in [2.45, 2.75) is 6.18 Å². The number of nitrogens with one attached hydrogen (secondary N) is 3. The van der Waals surface area contributed by atoms with E-state index in [1.807, 2.05) is 0 Å². The van der Waals surface area contributed by atoms with Gasteiger partial charge in [0.15, 0.2) is 11.5 Å². The number of hydrazone groups is 1. The van der Waals surface area contributed by atoms with E-state index in [9.17, 15) is 22.4 Å². The fourth-order valence-electron chi connectivity index (χ4n) is 3.84. The zero-order valence-electron chi connectivity index (χ0n) is 18.8. The van der Waals surface area contributed by atoms with Gasteiger partial charge in [0.05, 0.1) is 52.5 Å². The van der Waals surface area contributed by atoms with Gasteiger partial charge in [0.25, 0.3) is 5.91 Å². The lowest BCUT2D eigenvalue weighted by molar-refractivity contribution is -0.143. The maximum absolute atomic E-state index is 14.6. The maximum Gasteiger partial charge on any atom is 0.434 e. The molecule has 3 aromatic heterocycles. The molecule has 0 spiro atoms. The van der Waals surface area contributed by atoms with Crippen LogP contribution < -0.4 is 21.2 Å². The number of amides is 1. The average molecular weight is 534 g/mol. The molecule has 10 nitrogen and oxygen atoms in total. The van der Waals surface area contributed by atoms with Crippen molar-refractivity contribution in [3.63, 3.8) is 0 Å².